The molecule has 0 amide bonds. The number of nitrogens with zero attached hydrogens (tertiary/aromatic N) is 1. The fourth-order valence-corrected chi connectivity index (χ4v) is 2.88. The molecule has 2 aromatic carbocycles. The Labute approximate surface area is 138 Å². The molecule has 24 heavy (non-hydrogen) atoms. The zero-order valence-corrected chi connectivity index (χ0v) is 12.7. The lowest BCUT2D eigenvalue weighted by Gasteiger charge is -2.14. The minimum atomic E-state index is -4.64. The van der Waals surface area contributed by atoms with E-state index in [-0.39, 0.29) is 16.1 Å². The molecule has 2 aromatic rings. The number of hydrogen-bond acceptors (Lipinski definition) is 4. The van der Waals surface area contributed by atoms with Crippen molar-refractivity contribution in [3.8, 4) is 0 Å². The largest absolute Gasteiger partial charge is 0.481 e. The Hall–Kier alpha value is -2.55. The van der Waals surface area contributed by atoms with Gasteiger partial charge in [0.1, 0.15) is 0 Å². The van der Waals surface area contributed by atoms with Gasteiger partial charge in [-0.1, -0.05) is 17.8 Å². The van der Waals surface area contributed by atoms with Gasteiger partial charge >= 0.3 is 12.1 Å². The number of carbonyl (C=O) groups is 1. The number of nitro groups is 1. The summed E-state index contributed by atoms with van der Waals surface area (Å²) in [4.78, 5) is 20.9. The molecule has 0 fully saturated rings. The number of alkyl halides is 3. The van der Waals surface area contributed by atoms with Crippen LogP contribution in [0.4, 0.5) is 18.9 Å². The van der Waals surface area contributed by atoms with E-state index in [1.54, 1.807) is 0 Å². The number of aliphatic carboxylic acids is 1. The van der Waals surface area contributed by atoms with E-state index in [0.717, 1.165) is 17.8 Å². The average molecular weight is 357 g/mol. The van der Waals surface area contributed by atoms with E-state index in [4.69, 9.17) is 5.11 Å². The molecule has 0 aliphatic heterocycles. The smallest absolute Gasteiger partial charge is 0.417 e. The van der Waals surface area contributed by atoms with E-state index >= 15 is 0 Å². The Morgan fingerprint density at radius 1 is 1.17 bits per heavy atom. The summed E-state index contributed by atoms with van der Waals surface area (Å²) in [6.07, 6.45) is -5.15. The van der Waals surface area contributed by atoms with Gasteiger partial charge in [-0.05, 0) is 29.8 Å². The summed E-state index contributed by atoms with van der Waals surface area (Å²) in [7, 11) is 0. The topological polar surface area (TPSA) is 80.4 Å². The molecule has 0 saturated carbocycles. The van der Waals surface area contributed by atoms with Crippen LogP contribution < -0.4 is 0 Å². The second-order valence-electron chi connectivity index (χ2n) is 4.75. The van der Waals surface area contributed by atoms with Gasteiger partial charge in [0.25, 0.3) is 5.69 Å². The Balaban J connectivity index is 2.34. The molecule has 0 heterocycles. The third-order valence-electron chi connectivity index (χ3n) is 2.98. The molecule has 0 aromatic heterocycles. The van der Waals surface area contributed by atoms with Crippen LogP contribution in [-0.4, -0.2) is 16.0 Å². The quantitative estimate of drug-likeness (QED) is 0.634. The van der Waals surface area contributed by atoms with Crippen molar-refractivity contribution in [2.45, 2.75) is 22.4 Å². The van der Waals surface area contributed by atoms with Gasteiger partial charge in [-0.15, -0.1) is 0 Å². The minimum absolute atomic E-state index is 0.0443. The molecule has 1 N–H and O–H groups in total. The first-order valence-electron chi connectivity index (χ1n) is 6.51. The zero-order valence-electron chi connectivity index (χ0n) is 11.9. The van der Waals surface area contributed by atoms with Gasteiger partial charge in [-0.2, -0.15) is 13.2 Å². The Morgan fingerprint density at radius 3 is 2.29 bits per heavy atom. The van der Waals surface area contributed by atoms with Crippen molar-refractivity contribution in [2.24, 2.45) is 0 Å². The van der Waals surface area contributed by atoms with Crippen LogP contribution in [0.25, 0.3) is 0 Å². The van der Waals surface area contributed by atoms with Crippen molar-refractivity contribution < 1.29 is 28.0 Å². The summed E-state index contributed by atoms with van der Waals surface area (Å²) < 4.78 is 39.6. The van der Waals surface area contributed by atoms with E-state index in [2.05, 4.69) is 0 Å². The molecular weight excluding hydrogens is 347 g/mol. The molecule has 0 aliphatic carbocycles. The van der Waals surface area contributed by atoms with Crippen molar-refractivity contribution in [2.75, 3.05) is 0 Å². The fourth-order valence-electron chi connectivity index (χ4n) is 1.94. The van der Waals surface area contributed by atoms with Gasteiger partial charge in [-0.25, -0.2) is 0 Å². The molecule has 0 unspecified atom stereocenters. The van der Waals surface area contributed by atoms with E-state index in [0.29, 0.717) is 4.90 Å². The third kappa shape index (κ3) is 4.48. The van der Waals surface area contributed by atoms with Gasteiger partial charge in [0.15, 0.2) is 0 Å². The van der Waals surface area contributed by atoms with E-state index in [1.807, 2.05) is 0 Å². The summed E-state index contributed by atoms with van der Waals surface area (Å²) in [6, 6.07) is 8.44. The van der Waals surface area contributed by atoms with Crippen LogP contribution in [0.15, 0.2) is 52.3 Å². The summed E-state index contributed by atoms with van der Waals surface area (Å²) in [6.45, 7) is 0. The second kappa shape index (κ2) is 6.91. The highest BCUT2D eigenvalue weighted by Crippen LogP contribution is 2.40. The van der Waals surface area contributed by atoms with Gasteiger partial charge in [0, 0.05) is 21.9 Å². The molecule has 0 bridgehead atoms. The normalized spacial score (nSPS) is 11.3. The molecule has 0 radical (unpaired) electrons. The standard InChI is InChI=1S/C15H10F3NO4S/c16-15(17,18)12-7-9(8-14(20)21)1-6-13(12)24-11-4-2-10(3-5-11)19(22)23/h1-7H,8H2,(H,20,21). The number of halogens is 3. The monoisotopic (exact) mass is 357 g/mol. The lowest BCUT2D eigenvalue weighted by atomic mass is 10.1. The molecule has 2 rings (SSSR count). The maximum Gasteiger partial charge on any atom is 0.417 e. The first kappa shape index (κ1) is 17.8. The Bertz CT molecular complexity index is 775. The number of rotatable bonds is 5. The number of non-ortho nitro benzene ring substituents is 1. The van der Waals surface area contributed by atoms with Crippen molar-refractivity contribution >= 4 is 23.4 Å². The zero-order chi connectivity index (χ0) is 17.9. The first-order valence-corrected chi connectivity index (χ1v) is 7.32. The van der Waals surface area contributed by atoms with Crippen LogP contribution in [-0.2, 0) is 17.4 Å². The maximum atomic E-state index is 13.2. The molecular formula is C15H10F3NO4S. The average Bonchev–Trinajstić information content (AvgIpc) is 2.47. The maximum absolute atomic E-state index is 13.2. The van der Waals surface area contributed by atoms with E-state index in [9.17, 15) is 28.1 Å². The van der Waals surface area contributed by atoms with Crippen LogP contribution in [0.1, 0.15) is 11.1 Å². The van der Waals surface area contributed by atoms with Gasteiger partial charge in [0.05, 0.1) is 16.9 Å². The SMILES string of the molecule is O=C(O)Cc1ccc(Sc2ccc([N+](=O)[O-])cc2)c(C(F)(F)F)c1. The van der Waals surface area contributed by atoms with Crippen molar-refractivity contribution in [3.05, 3.63) is 63.7 Å². The highest BCUT2D eigenvalue weighted by Gasteiger charge is 2.34. The molecule has 0 atom stereocenters. The summed E-state index contributed by atoms with van der Waals surface area (Å²) >= 11 is 0.799. The van der Waals surface area contributed by atoms with Gasteiger partial charge in [-0.3, -0.25) is 14.9 Å². The minimum Gasteiger partial charge on any atom is -0.481 e. The van der Waals surface area contributed by atoms with Crippen molar-refractivity contribution in [1.29, 1.82) is 0 Å². The second-order valence-corrected chi connectivity index (χ2v) is 5.87. The number of carboxylic acid groups (broad SMARTS) is 1. The highest BCUT2D eigenvalue weighted by molar-refractivity contribution is 7.99. The number of nitro benzene ring substituents is 1. The summed E-state index contributed by atoms with van der Waals surface area (Å²) in [5.41, 5.74) is -1.06. The summed E-state index contributed by atoms with van der Waals surface area (Å²) in [5, 5.41) is 19.3. The number of hydrogen-bond donors (Lipinski definition) is 1. The molecule has 0 aliphatic rings. The van der Waals surface area contributed by atoms with Crippen LogP contribution in [0.2, 0.25) is 0 Å². The van der Waals surface area contributed by atoms with Crippen LogP contribution in [0, 0.1) is 10.1 Å². The fraction of sp³-hybridized carbons (Fsp3) is 0.133. The molecule has 126 valence electrons. The number of carboxylic acids is 1. The molecule has 0 saturated heterocycles. The van der Waals surface area contributed by atoms with Crippen LogP contribution in [0.5, 0.6) is 0 Å². The lowest BCUT2D eigenvalue weighted by Crippen LogP contribution is -2.09. The van der Waals surface area contributed by atoms with Crippen molar-refractivity contribution in [3.63, 3.8) is 0 Å². The first-order chi connectivity index (χ1) is 11.2. The van der Waals surface area contributed by atoms with Crippen molar-refractivity contribution in [1.82, 2.24) is 0 Å². The predicted molar refractivity (Wildman–Crippen MR) is 80.0 cm³/mol. The van der Waals surface area contributed by atoms with E-state index in [1.165, 1.54) is 36.4 Å². The lowest BCUT2D eigenvalue weighted by molar-refractivity contribution is -0.384. The molecule has 5 nitrogen and oxygen atoms in total. The van der Waals surface area contributed by atoms with Crippen LogP contribution in [0.3, 0.4) is 0 Å². The molecule has 9 heteroatoms. The number of benzene rings is 2. The van der Waals surface area contributed by atoms with Crippen LogP contribution >= 0.6 is 11.8 Å². The third-order valence-corrected chi connectivity index (χ3v) is 4.06. The Kier molecular flexibility index (Phi) is 5.13. The summed E-state index contributed by atoms with van der Waals surface area (Å²) in [5.74, 6) is -1.22. The van der Waals surface area contributed by atoms with Gasteiger partial charge in [0.2, 0.25) is 0 Å². The van der Waals surface area contributed by atoms with Gasteiger partial charge < -0.3 is 5.11 Å². The predicted octanol–water partition coefficient (Wildman–Crippen LogP) is 4.39. The Morgan fingerprint density at radius 2 is 1.79 bits per heavy atom. The highest BCUT2D eigenvalue weighted by atomic mass is 32.2. The van der Waals surface area contributed by atoms with E-state index < -0.39 is 29.1 Å². The molecule has 0 spiro atoms.